The van der Waals surface area contributed by atoms with Gasteiger partial charge in [0.25, 0.3) is 0 Å². The Kier molecular flexibility index (Phi) is 8.13. The third kappa shape index (κ3) is 5.74. The Hall–Kier alpha value is -1.64. The van der Waals surface area contributed by atoms with Crippen LogP contribution in [-0.2, 0) is 21.3 Å². The Morgan fingerprint density at radius 3 is 2.37 bits per heavy atom. The van der Waals surface area contributed by atoms with Crippen LogP contribution in [0.3, 0.4) is 0 Å². The largest absolute Gasteiger partial charge is 0.385 e. The van der Waals surface area contributed by atoms with E-state index in [9.17, 15) is 8.42 Å². The number of hydrogen-bond acceptors (Lipinski definition) is 4. The van der Waals surface area contributed by atoms with Crippen LogP contribution in [0, 0.1) is 5.41 Å². The van der Waals surface area contributed by atoms with Crippen LogP contribution in [0.2, 0.25) is 0 Å². The highest BCUT2D eigenvalue weighted by Gasteiger charge is 2.33. The third-order valence-electron chi connectivity index (χ3n) is 6.44. The average Bonchev–Trinajstić information content (AvgIpc) is 3.46. The molecule has 7 nitrogen and oxygen atoms in total. The summed E-state index contributed by atoms with van der Waals surface area (Å²) >= 11 is 0. The van der Waals surface area contributed by atoms with Gasteiger partial charge in [-0.1, -0.05) is 25.0 Å². The number of benzene rings is 1. The molecular weight excluding hydrogens is 400 g/mol. The van der Waals surface area contributed by atoms with Gasteiger partial charge in [-0.25, -0.2) is 8.42 Å². The summed E-state index contributed by atoms with van der Waals surface area (Å²) in [5, 5.41) is 6.83. The molecular formula is C22H36N4O3S. The SMILES string of the molecule is CN=C(NCc1ccc(S(=O)(=O)N2CCCC2)cc1)NCC1(CCOC)CCCC1. The molecule has 0 spiro atoms. The van der Waals surface area contributed by atoms with Gasteiger partial charge in [-0.3, -0.25) is 4.99 Å². The maximum Gasteiger partial charge on any atom is 0.243 e. The van der Waals surface area contributed by atoms with E-state index >= 15 is 0 Å². The first-order valence-corrected chi connectivity index (χ1v) is 12.5. The standard InChI is InChI=1S/C22H36N4O3S/c1-23-21(25-18-22(13-16-29-2)11-3-4-12-22)24-17-19-7-9-20(10-8-19)30(27,28)26-14-5-6-15-26/h7-10H,3-6,11-18H2,1-2H3,(H2,23,24,25). The molecule has 0 atom stereocenters. The topological polar surface area (TPSA) is 83.0 Å². The normalized spacial score (nSPS) is 19.9. The fourth-order valence-electron chi connectivity index (χ4n) is 4.49. The second-order valence-corrected chi connectivity index (χ2v) is 10.4. The lowest BCUT2D eigenvalue weighted by Gasteiger charge is -2.30. The van der Waals surface area contributed by atoms with Gasteiger partial charge in [-0.2, -0.15) is 4.31 Å². The van der Waals surface area contributed by atoms with E-state index in [4.69, 9.17) is 4.74 Å². The molecule has 1 saturated carbocycles. The highest BCUT2D eigenvalue weighted by atomic mass is 32.2. The molecule has 1 aliphatic heterocycles. The maximum atomic E-state index is 12.6. The van der Waals surface area contributed by atoms with Gasteiger partial charge >= 0.3 is 0 Å². The number of methoxy groups -OCH3 is 1. The number of hydrogen-bond donors (Lipinski definition) is 2. The molecule has 1 saturated heterocycles. The summed E-state index contributed by atoms with van der Waals surface area (Å²) < 4.78 is 32.2. The third-order valence-corrected chi connectivity index (χ3v) is 8.35. The van der Waals surface area contributed by atoms with Crippen molar-refractivity contribution >= 4 is 16.0 Å². The smallest absolute Gasteiger partial charge is 0.243 e. The minimum Gasteiger partial charge on any atom is -0.385 e. The molecule has 0 radical (unpaired) electrons. The molecule has 2 aliphatic rings. The van der Waals surface area contributed by atoms with Crippen LogP contribution in [0.25, 0.3) is 0 Å². The zero-order valence-corrected chi connectivity index (χ0v) is 19.1. The van der Waals surface area contributed by atoms with Crippen molar-refractivity contribution in [3.05, 3.63) is 29.8 Å². The number of nitrogens with zero attached hydrogens (tertiary/aromatic N) is 2. The van der Waals surface area contributed by atoms with Crippen molar-refractivity contribution in [3.8, 4) is 0 Å². The monoisotopic (exact) mass is 436 g/mol. The van der Waals surface area contributed by atoms with E-state index in [-0.39, 0.29) is 0 Å². The van der Waals surface area contributed by atoms with Crippen LogP contribution in [0.15, 0.2) is 34.2 Å². The molecule has 0 amide bonds. The molecule has 8 heteroatoms. The van der Waals surface area contributed by atoms with E-state index in [0.717, 1.165) is 43.9 Å². The summed E-state index contributed by atoms with van der Waals surface area (Å²) in [6, 6.07) is 7.17. The van der Waals surface area contributed by atoms with Gasteiger partial charge in [0.15, 0.2) is 5.96 Å². The maximum absolute atomic E-state index is 12.6. The van der Waals surface area contributed by atoms with Gasteiger partial charge < -0.3 is 15.4 Å². The highest BCUT2D eigenvalue weighted by molar-refractivity contribution is 7.89. The van der Waals surface area contributed by atoms with Crippen LogP contribution in [0.4, 0.5) is 0 Å². The average molecular weight is 437 g/mol. The fraction of sp³-hybridized carbons (Fsp3) is 0.682. The Balaban J connectivity index is 1.52. The van der Waals surface area contributed by atoms with Crippen LogP contribution in [0.5, 0.6) is 0 Å². The Bertz CT molecular complexity index is 796. The first-order valence-electron chi connectivity index (χ1n) is 11.0. The van der Waals surface area contributed by atoms with Gasteiger partial charge in [-0.05, 0) is 55.2 Å². The van der Waals surface area contributed by atoms with Gasteiger partial charge in [0, 0.05) is 46.9 Å². The quantitative estimate of drug-likeness (QED) is 0.459. The summed E-state index contributed by atoms with van der Waals surface area (Å²) in [6.45, 7) is 3.53. The van der Waals surface area contributed by atoms with E-state index in [2.05, 4.69) is 15.6 Å². The molecule has 1 aromatic carbocycles. The van der Waals surface area contributed by atoms with Gasteiger partial charge in [0.05, 0.1) is 4.90 Å². The summed E-state index contributed by atoms with van der Waals surface area (Å²) in [5.74, 6) is 0.771. The van der Waals surface area contributed by atoms with Crippen LogP contribution >= 0.6 is 0 Å². The van der Waals surface area contributed by atoms with Crippen LogP contribution in [0.1, 0.15) is 50.5 Å². The molecule has 1 aromatic rings. The molecule has 1 heterocycles. The number of rotatable bonds is 9. The lowest BCUT2D eigenvalue weighted by molar-refractivity contribution is 0.138. The van der Waals surface area contributed by atoms with E-state index < -0.39 is 10.0 Å². The highest BCUT2D eigenvalue weighted by Crippen LogP contribution is 2.40. The summed E-state index contributed by atoms with van der Waals surface area (Å²) in [4.78, 5) is 4.72. The van der Waals surface area contributed by atoms with E-state index in [1.165, 1.54) is 25.7 Å². The first kappa shape index (κ1) is 23.0. The Morgan fingerprint density at radius 2 is 1.77 bits per heavy atom. The van der Waals surface area contributed by atoms with Crippen molar-refractivity contribution in [2.45, 2.75) is 56.4 Å². The number of aliphatic imine (C=N–C) groups is 1. The number of ether oxygens (including phenoxy) is 1. The summed E-state index contributed by atoms with van der Waals surface area (Å²) in [6.07, 6.45) is 7.98. The lowest BCUT2D eigenvalue weighted by Crippen LogP contribution is -2.43. The molecule has 3 rings (SSSR count). The molecule has 0 unspecified atom stereocenters. The van der Waals surface area contributed by atoms with Gasteiger partial charge in [0.2, 0.25) is 10.0 Å². The van der Waals surface area contributed by atoms with Gasteiger partial charge in [-0.15, -0.1) is 0 Å². The van der Waals surface area contributed by atoms with E-state index in [0.29, 0.717) is 29.9 Å². The molecule has 0 bridgehead atoms. The number of nitrogens with one attached hydrogen (secondary N) is 2. The molecule has 2 N–H and O–H groups in total. The molecule has 1 aliphatic carbocycles. The molecule has 0 aromatic heterocycles. The molecule has 2 fully saturated rings. The van der Waals surface area contributed by atoms with Crippen molar-refractivity contribution in [2.24, 2.45) is 10.4 Å². The second-order valence-electron chi connectivity index (χ2n) is 8.48. The summed E-state index contributed by atoms with van der Waals surface area (Å²) in [7, 11) is 0.180. The number of guanidine groups is 1. The predicted octanol–water partition coefficient (Wildman–Crippen LogP) is 2.73. The number of sulfonamides is 1. The Labute approximate surface area is 181 Å². The Morgan fingerprint density at radius 1 is 1.10 bits per heavy atom. The van der Waals surface area contributed by atoms with Crippen molar-refractivity contribution in [1.82, 2.24) is 14.9 Å². The predicted molar refractivity (Wildman–Crippen MR) is 120 cm³/mol. The zero-order chi connectivity index (χ0) is 21.5. The zero-order valence-electron chi connectivity index (χ0n) is 18.3. The summed E-state index contributed by atoms with van der Waals surface area (Å²) in [5.41, 5.74) is 1.31. The van der Waals surface area contributed by atoms with Gasteiger partial charge in [0.1, 0.15) is 0 Å². The minimum atomic E-state index is -3.36. The van der Waals surface area contributed by atoms with Crippen LogP contribution < -0.4 is 10.6 Å². The second kappa shape index (κ2) is 10.6. The first-order chi connectivity index (χ1) is 14.5. The molecule has 30 heavy (non-hydrogen) atoms. The minimum absolute atomic E-state index is 0.291. The van der Waals surface area contributed by atoms with Crippen molar-refractivity contribution < 1.29 is 13.2 Å². The molecule has 168 valence electrons. The lowest BCUT2D eigenvalue weighted by atomic mass is 9.83. The van der Waals surface area contributed by atoms with Crippen molar-refractivity contribution in [2.75, 3.05) is 40.4 Å². The fourth-order valence-corrected chi connectivity index (χ4v) is 6.01. The van der Waals surface area contributed by atoms with E-state index in [1.54, 1.807) is 30.6 Å². The van der Waals surface area contributed by atoms with Crippen LogP contribution in [-0.4, -0.2) is 59.1 Å². The van der Waals surface area contributed by atoms with Crippen molar-refractivity contribution in [1.29, 1.82) is 0 Å². The van der Waals surface area contributed by atoms with E-state index in [1.807, 2.05) is 12.1 Å². The van der Waals surface area contributed by atoms with Crippen molar-refractivity contribution in [3.63, 3.8) is 0 Å².